The smallest absolute Gasteiger partial charge is 0.261 e. The summed E-state index contributed by atoms with van der Waals surface area (Å²) < 4.78 is 0. The fourth-order valence-electron chi connectivity index (χ4n) is 1.37. The Labute approximate surface area is 75.6 Å². The fourth-order valence-corrected chi connectivity index (χ4v) is 1.37. The van der Waals surface area contributed by atoms with Crippen molar-refractivity contribution in [2.75, 3.05) is 0 Å². The molecule has 1 aliphatic carbocycles. The van der Waals surface area contributed by atoms with Gasteiger partial charge in [0, 0.05) is 0 Å². The van der Waals surface area contributed by atoms with Gasteiger partial charge < -0.3 is 5.73 Å². The Kier molecular flexibility index (Phi) is 1.62. The van der Waals surface area contributed by atoms with Crippen molar-refractivity contribution in [3.05, 3.63) is 23.8 Å². The molecular formula is C9H9N3O. The normalized spacial score (nSPS) is 26.1. The molecule has 0 bridgehead atoms. The summed E-state index contributed by atoms with van der Waals surface area (Å²) in [6, 6.07) is 0. The van der Waals surface area contributed by atoms with Gasteiger partial charge >= 0.3 is 0 Å². The maximum absolute atomic E-state index is 11.4. The highest BCUT2D eigenvalue weighted by molar-refractivity contribution is 6.20. The van der Waals surface area contributed by atoms with Crippen molar-refractivity contribution in [2.24, 2.45) is 21.6 Å². The second-order valence-corrected chi connectivity index (χ2v) is 3.07. The number of carbonyl (C=O) groups is 1. The summed E-state index contributed by atoms with van der Waals surface area (Å²) in [5, 5.41) is 0. The molecule has 13 heavy (non-hydrogen) atoms. The maximum Gasteiger partial charge on any atom is 0.261 e. The van der Waals surface area contributed by atoms with Crippen LogP contribution in [-0.4, -0.2) is 17.6 Å². The molecule has 0 radical (unpaired) electrons. The number of rotatable bonds is 0. The Morgan fingerprint density at radius 1 is 1.38 bits per heavy atom. The molecule has 0 aromatic heterocycles. The van der Waals surface area contributed by atoms with E-state index in [0.717, 1.165) is 5.57 Å². The molecule has 1 heterocycles. The van der Waals surface area contributed by atoms with E-state index in [9.17, 15) is 4.79 Å². The molecule has 0 spiro atoms. The average molecular weight is 175 g/mol. The van der Waals surface area contributed by atoms with Gasteiger partial charge in [-0.1, -0.05) is 17.7 Å². The predicted octanol–water partition coefficient (Wildman–Crippen LogP) is 0.415. The van der Waals surface area contributed by atoms with Crippen LogP contribution in [0.15, 0.2) is 33.8 Å². The zero-order valence-electron chi connectivity index (χ0n) is 7.19. The van der Waals surface area contributed by atoms with E-state index in [0.29, 0.717) is 5.71 Å². The van der Waals surface area contributed by atoms with E-state index in [1.807, 2.05) is 19.1 Å². The Balaban J connectivity index is 2.44. The van der Waals surface area contributed by atoms with Crippen LogP contribution in [0.1, 0.15) is 6.92 Å². The number of allylic oxidation sites excluding steroid dienone is 3. The largest absolute Gasteiger partial charge is 0.368 e. The van der Waals surface area contributed by atoms with Crippen LogP contribution in [0.4, 0.5) is 0 Å². The molecule has 2 rings (SSSR count). The van der Waals surface area contributed by atoms with Crippen LogP contribution in [0, 0.1) is 5.92 Å². The van der Waals surface area contributed by atoms with Gasteiger partial charge in [0.05, 0.1) is 5.71 Å². The molecule has 1 atom stereocenters. The van der Waals surface area contributed by atoms with Crippen molar-refractivity contribution in [1.29, 1.82) is 0 Å². The van der Waals surface area contributed by atoms with E-state index in [4.69, 9.17) is 5.73 Å². The van der Waals surface area contributed by atoms with E-state index in [1.165, 1.54) is 0 Å². The molecular weight excluding hydrogens is 166 g/mol. The second kappa shape index (κ2) is 2.65. The van der Waals surface area contributed by atoms with Crippen LogP contribution in [0.3, 0.4) is 0 Å². The average Bonchev–Trinajstić information content (AvgIpc) is 2.06. The van der Waals surface area contributed by atoms with Gasteiger partial charge in [-0.15, -0.1) is 0 Å². The summed E-state index contributed by atoms with van der Waals surface area (Å²) in [5.74, 6) is -0.502. The number of aliphatic imine (C=N–C) groups is 2. The number of nitrogens with zero attached hydrogens (tertiary/aromatic N) is 2. The quantitative estimate of drug-likeness (QED) is 0.579. The van der Waals surface area contributed by atoms with Crippen LogP contribution in [0.2, 0.25) is 0 Å². The molecule has 4 heteroatoms. The Bertz CT molecular complexity index is 388. The van der Waals surface area contributed by atoms with Crippen LogP contribution >= 0.6 is 0 Å². The molecule has 1 aliphatic heterocycles. The van der Waals surface area contributed by atoms with E-state index in [2.05, 4.69) is 9.98 Å². The summed E-state index contributed by atoms with van der Waals surface area (Å²) >= 11 is 0. The molecule has 0 saturated heterocycles. The first-order valence-corrected chi connectivity index (χ1v) is 4.00. The van der Waals surface area contributed by atoms with Gasteiger partial charge in [0.1, 0.15) is 5.92 Å². The molecule has 4 nitrogen and oxygen atoms in total. The van der Waals surface area contributed by atoms with Crippen molar-refractivity contribution in [1.82, 2.24) is 0 Å². The maximum atomic E-state index is 11.4. The lowest BCUT2D eigenvalue weighted by molar-refractivity contribution is -0.118. The van der Waals surface area contributed by atoms with Crippen molar-refractivity contribution in [3.63, 3.8) is 0 Å². The first kappa shape index (κ1) is 7.91. The summed E-state index contributed by atoms with van der Waals surface area (Å²) in [6.45, 7) is 1.93. The van der Waals surface area contributed by atoms with E-state index in [-0.39, 0.29) is 17.8 Å². The molecule has 1 amide bonds. The second-order valence-electron chi connectivity index (χ2n) is 3.07. The molecule has 0 aromatic rings. The standard InChI is InChI=1S/C9H9N3O/c1-5-2-3-7-6(4-5)8(13)12-9(10)11-7/h2-4,6H,1H3,(H2,10,12,13). The van der Waals surface area contributed by atoms with Crippen molar-refractivity contribution in [3.8, 4) is 0 Å². The monoisotopic (exact) mass is 175 g/mol. The van der Waals surface area contributed by atoms with E-state index in [1.54, 1.807) is 6.08 Å². The van der Waals surface area contributed by atoms with Crippen LogP contribution in [0.5, 0.6) is 0 Å². The summed E-state index contributed by atoms with van der Waals surface area (Å²) in [7, 11) is 0. The third-order valence-corrected chi connectivity index (χ3v) is 2.00. The first-order valence-electron chi connectivity index (χ1n) is 4.00. The topological polar surface area (TPSA) is 67.8 Å². The number of hydrogen-bond donors (Lipinski definition) is 1. The SMILES string of the molecule is CC1=CC2C(=O)N=C(N)N=C2C=C1. The summed E-state index contributed by atoms with van der Waals surface area (Å²) in [5.41, 5.74) is 7.09. The van der Waals surface area contributed by atoms with E-state index < -0.39 is 0 Å². The fraction of sp³-hybridized carbons (Fsp3) is 0.222. The van der Waals surface area contributed by atoms with Gasteiger partial charge in [-0.3, -0.25) is 4.79 Å². The molecule has 0 saturated carbocycles. The Hall–Kier alpha value is -1.71. The number of fused-ring (bicyclic) bond motifs is 1. The zero-order chi connectivity index (χ0) is 9.42. The molecule has 2 N–H and O–H groups in total. The zero-order valence-corrected chi connectivity index (χ0v) is 7.19. The van der Waals surface area contributed by atoms with Crippen LogP contribution in [-0.2, 0) is 4.79 Å². The minimum absolute atomic E-state index is 0.0499. The van der Waals surface area contributed by atoms with Crippen molar-refractivity contribution in [2.45, 2.75) is 6.92 Å². The molecule has 0 aromatic carbocycles. The summed E-state index contributed by atoms with van der Waals surface area (Å²) in [6.07, 6.45) is 5.55. The lowest BCUT2D eigenvalue weighted by atomic mass is 9.93. The van der Waals surface area contributed by atoms with E-state index >= 15 is 0 Å². The molecule has 0 fully saturated rings. The molecule has 66 valence electrons. The van der Waals surface area contributed by atoms with Gasteiger partial charge in [0.25, 0.3) is 5.91 Å². The van der Waals surface area contributed by atoms with Crippen molar-refractivity contribution >= 4 is 17.6 Å². The molecule has 2 aliphatic rings. The Morgan fingerprint density at radius 3 is 2.92 bits per heavy atom. The third-order valence-electron chi connectivity index (χ3n) is 2.00. The highest BCUT2D eigenvalue weighted by Crippen LogP contribution is 2.18. The van der Waals surface area contributed by atoms with Gasteiger partial charge in [-0.2, -0.15) is 4.99 Å². The minimum atomic E-state index is -0.322. The number of amides is 1. The highest BCUT2D eigenvalue weighted by atomic mass is 16.1. The number of hydrogen-bond acceptors (Lipinski definition) is 3. The number of nitrogens with two attached hydrogens (primary N) is 1. The van der Waals surface area contributed by atoms with Crippen LogP contribution < -0.4 is 5.73 Å². The number of carbonyl (C=O) groups excluding carboxylic acids is 1. The number of guanidine groups is 1. The lowest BCUT2D eigenvalue weighted by Crippen LogP contribution is -2.30. The van der Waals surface area contributed by atoms with Gasteiger partial charge in [0.2, 0.25) is 5.96 Å². The lowest BCUT2D eigenvalue weighted by Gasteiger charge is -2.17. The third kappa shape index (κ3) is 1.30. The molecule has 1 unspecified atom stereocenters. The first-order chi connectivity index (χ1) is 6.16. The van der Waals surface area contributed by atoms with Crippen molar-refractivity contribution < 1.29 is 4.79 Å². The van der Waals surface area contributed by atoms with Gasteiger partial charge in [-0.25, -0.2) is 4.99 Å². The van der Waals surface area contributed by atoms with Gasteiger partial charge in [0.15, 0.2) is 0 Å². The Morgan fingerprint density at radius 2 is 2.15 bits per heavy atom. The summed E-state index contributed by atoms with van der Waals surface area (Å²) in [4.78, 5) is 18.9. The predicted molar refractivity (Wildman–Crippen MR) is 50.5 cm³/mol. The van der Waals surface area contributed by atoms with Crippen LogP contribution in [0.25, 0.3) is 0 Å². The van der Waals surface area contributed by atoms with Gasteiger partial charge in [-0.05, 0) is 13.0 Å². The highest BCUT2D eigenvalue weighted by Gasteiger charge is 2.26. The minimum Gasteiger partial charge on any atom is -0.368 e.